The van der Waals surface area contributed by atoms with Crippen LogP contribution in [0.2, 0.25) is 0 Å². The Morgan fingerprint density at radius 2 is 2.00 bits per heavy atom. The fourth-order valence-corrected chi connectivity index (χ4v) is 3.33. The quantitative estimate of drug-likeness (QED) is 0.873. The summed E-state index contributed by atoms with van der Waals surface area (Å²) in [6.45, 7) is 2.39. The lowest BCUT2D eigenvalue weighted by atomic mass is 9.83. The lowest BCUT2D eigenvalue weighted by Crippen LogP contribution is -2.46. The number of pyridine rings is 1. The van der Waals surface area contributed by atoms with Crippen LogP contribution in [0.1, 0.15) is 48.2 Å². The molecule has 0 spiro atoms. The van der Waals surface area contributed by atoms with Gasteiger partial charge in [0.2, 0.25) is 0 Å². The van der Waals surface area contributed by atoms with Crippen LogP contribution in [-0.2, 0) is 0 Å². The average Bonchev–Trinajstić information content (AvgIpc) is 2.48. The number of carbonyl (C=O) groups excluding carboxylic acids is 1. The number of carbonyl (C=O) groups is 1. The van der Waals surface area contributed by atoms with Crippen LogP contribution in [0.4, 0.5) is 0 Å². The minimum Gasteiger partial charge on any atom is -0.350 e. The first kappa shape index (κ1) is 16.7. The summed E-state index contributed by atoms with van der Waals surface area (Å²) >= 11 is 0. The van der Waals surface area contributed by atoms with E-state index in [4.69, 9.17) is 0 Å². The normalized spacial score (nSPS) is 17.5. The third kappa shape index (κ3) is 4.19. The molecule has 0 unspecified atom stereocenters. The lowest BCUT2D eigenvalue weighted by molar-refractivity contribution is 0.0920. The molecule has 2 rings (SSSR count). The van der Waals surface area contributed by atoms with Gasteiger partial charge in [0.1, 0.15) is 5.56 Å². The minimum absolute atomic E-state index is 0.187. The topological polar surface area (TPSA) is 65.2 Å². The molecule has 22 heavy (non-hydrogen) atoms. The molecule has 0 bridgehead atoms. The van der Waals surface area contributed by atoms with Gasteiger partial charge in [-0.2, -0.15) is 0 Å². The summed E-state index contributed by atoms with van der Waals surface area (Å²) in [7, 11) is 4.12. The first-order valence-electron chi connectivity index (χ1n) is 8.13. The van der Waals surface area contributed by atoms with E-state index in [1.165, 1.54) is 32.1 Å². The standard InChI is InChI=1S/C17H27N3O2/c1-12-9-10-14(17(22)19-12)16(21)18-11-15(20(2)3)13-7-5-4-6-8-13/h9-10,13,15H,4-8,11H2,1-3H3,(H,18,21)(H,19,22)/t15-/m0/s1. The summed E-state index contributed by atoms with van der Waals surface area (Å²) in [6, 6.07) is 3.67. The highest BCUT2D eigenvalue weighted by molar-refractivity contribution is 5.93. The number of nitrogens with one attached hydrogen (secondary N) is 2. The molecular weight excluding hydrogens is 278 g/mol. The summed E-state index contributed by atoms with van der Waals surface area (Å²) in [5, 5.41) is 2.94. The van der Waals surface area contributed by atoms with Crippen LogP contribution in [0.3, 0.4) is 0 Å². The first-order chi connectivity index (χ1) is 10.5. The number of likely N-dealkylation sites (N-methyl/N-ethyl adjacent to an activating group) is 1. The number of aromatic nitrogens is 1. The molecule has 0 aliphatic heterocycles. The van der Waals surface area contributed by atoms with Gasteiger partial charge in [-0.25, -0.2) is 0 Å². The van der Waals surface area contributed by atoms with Gasteiger partial charge in [-0.05, 0) is 51.9 Å². The number of amides is 1. The fraction of sp³-hybridized carbons (Fsp3) is 0.647. The molecule has 0 radical (unpaired) electrons. The van der Waals surface area contributed by atoms with Crippen molar-refractivity contribution in [3.63, 3.8) is 0 Å². The molecule has 1 amide bonds. The largest absolute Gasteiger partial charge is 0.350 e. The van der Waals surface area contributed by atoms with E-state index < -0.39 is 0 Å². The Bertz CT molecular complexity index is 559. The lowest BCUT2D eigenvalue weighted by Gasteiger charge is -2.34. The highest BCUT2D eigenvalue weighted by Gasteiger charge is 2.26. The Hall–Kier alpha value is -1.62. The van der Waals surface area contributed by atoms with Crippen LogP contribution in [0.25, 0.3) is 0 Å². The van der Waals surface area contributed by atoms with Crippen molar-refractivity contribution in [3.05, 3.63) is 33.7 Å². The summed E-state index contributed by atoms with van der Waals surface area (Å²) in [6.07, 6.45) is 6.33. The van der Waals surface area contributed by atoms with Crippen LogP contribution < -0.4 is 10.9 Å². The zero-order valence-corrected chi connectivity index (χ0v) is 13.8. The maximum atomic E-state index is 12.2. The SMILES string of the molecule is Cc1ccc(C(=O)NC[C@@H](C2CCCCC2)N(C)C)c(=O)[nH]1. The van der Waals surface area contributed by atoms with Gasteiger partial charge in [-0.15, -0.1) is 0 Å². The van der Waals surface area contributed by atoms with E-state index in [9.17, 15) is 9.59 Å². The predicted molar refractivity (Wildman–Crippen MR) is 88.2 cm³/mol. The average molecular weight is 305 g/mol. The van der Waals surface area contributed by atoms with Gasteiger partial charge in [-0.1, -0.05) is 19.3 Å². The third-order valence-corrected chi connectivity index (χ3v) is 4.63. The third-order valence-electron chi connectivity index (χ3n) is 4.63. The van der Waals surface area contributed by atoms with Crippen LogP contribution in [-0.4, -0.2) is 42.5 Å². The Morgan fingerprint density at radius 1 is 1.32 bits per heavy atom. The van der Waals surface area contributed by atoms with Crippen molar-refractivity contribution in [2.24, 2.45) is 5.92 Å². The maximum absolute atomic E-state index is 12.2. The van der Waals surface area contributed by atoms with Gasteiger partial charge in [-0.3, -0.25) is 9.59 Å². The monoisotopic (exact) mass is 305 g/mol. The molecule has 0 saturated heterocycles. The summed E-state index contributed by atoms with van der Waals surface area (Å²) in [4.78, 5) is 28.9. The number of H-pyrrole nitrogens is 1. The van der Waals surface area contributed by atoms with Crippen molar-refractivity contribution in [1.82, 2.24) is 15.2 Å². The molecular formula is C17H27N3O2. The minimum atomic E-state index is -0.323. The Morgan fingerprint density at radius 3 is 2.59 bits per heavy atom. The Labute approximate surface area is 132 Å². The molecule has 1 aromatic heterocycles. The van der Waals surface area contributed by atoms with Gasteiger partial charge < -0.3 is 15.2 Å². The second-order valence-electron chi connectivity index (χ2n) is 6.52. The molecule has 5 heteroatoms. The van der Waals surface area contributed by atoms with Crippen molar-refractivity contribution in [1.29, 1.82) is 0 Å². The number of nitrogens with zero attached hydrogens (tertiary/aromatic N) is 1. The zero-order chi connectivity index (χ0) is 16.1. The Kier molecular flexibility index (Phi) is 5.77. The van der Waals surface area contributed by atoms with E-state index in [1.807, 2.05) is 0 Å². The van der Waals surface area contributed by atoms with Crippen LogP contribution >= 0.6 is 0 Å². The molecule has 1 aromatic rings. The number of aromatic amines is 1. The van der Waals surface area contributed by atoms with Crippen molar-refractivity contribution in [3.8, 4) is 0 Å². The second-order valence-corrected chi connectivity index (χ2v) is 6.52. The summed E-state index contributed by atoms with van der Waals surface area (Å²) in [5.74, 6) is 0.337. The van der Waals surface area contributed by atoms with Gasteiger partial charge in [0.15, 0.2) is 0 Å². The molecule has 1 aliphatic carbocycles. The van der Waals surface area contributed by atoms with E-state index in [0.717, 1.165) is 5.69 Å². The van der Waals surface area contributed by atoms with Gasteiger partial charge in [0, 0.05) is 18.3 Å². The number of aryl methyl sites for hydroxylation is 1. The van der Waals surface area contributed by atoms with Crippen molar-refractivity contribution in [2.75, 3.05) is 20.6 Å². The second kappa shape index (κ2) is 7.58. The van der Waals surface area contributed by atoms with Crippen molar-refractivity contribution in [2.45, 2.75) is 45.1 Å². The number of hydrogen-bond donors (Lipinski definition) is 2. The molecule has 1 atom stereocenters. The van der Waals surface area contributed by atoms with Gasteiger partial charge in [0.05, 0.1) is 0 Å². The van der Waals surface area contributed by atoms with E-state index >= 15 is 0 Å². The molecule has 0 aromatic carbocycles. The van der Waals surface area contributed by atoms with Crippen LogP contribution in [0.15, 0.2) is 16.9 Å². The van der Waals surface area contributed by atoms with Crippen molar-refractivity contribution >= 4 is 5.91 Å². The van der Waals surface area contributed by atoms with Gasteiger partial charge in [0.25, 0.3) is 11.5 Å². The van der Waals surface area contributed by atoms with Crippen molar-refractivity contribution < 1.29 is 4.79 Å². The first-order valence-corrected chi connectivity index (χ1v) is 8.13. The van der Waals surface area contributed by atoms with Gasteiger partial charge >= 0.3 is 0 Å². The molecule has 5 nitrogen and oxygen atoms in total. The molecule has 1 aliphatic rings. The number of hydrogen-bond acceptors (Lipinski definition) is 3. The molecule has 2 N–H and O–H groups in total. The smallest absolute Gasteiger partial charge is 0.260 e. The summed E-state index contributed by atoms with van der Waals surface area (Å²) < 4.78 is 0. The van der Waals surface area contributed by atoms with E-state index in [0.29, 0.717) is 18.5 Å². The highest BCUT2D eigenvalue weighted by atomic mass is 16.2. The molecule has 1 heterocycles. The number of rotatable bonds is 5. The van der Waals surface area contributed by atoms with E-state index in [2.05, 4.69) is 29.3 Å². The van der Waals surface area contributed by atoms with Crippen LogP contribution in [0, 0.1) is 12.8 Å². The maximum Gasteiger partial charge on any atom is 0.260 e. The predicted octanol–water partition coefficient (Wildman–Crippen LogP) is 1.92. The summed E-state index contributed by atoms with van der Waals surface area (Å²) in [5.41, 5.74) is 0.623. The highest BCUT2D eigenvalue weighted by Crippen LogP contribution is 2.28. The molecule has 1 fully saturated rings. The Balaban J connectivity index is 1.99. The zero-order valence-electron chi connectivity index (χ0n) is 13.8. The van der Waals surface area contributed by atoms with E-state index in [-0.39, 0.29) is 17.0 Å². The van der Waals surface area contributed by atoms with Crippen LogP contribution in [0.5, 0.6) is 0 Å². The fourth-order valence-electron chi connectivity index (χ4n) is 3.33. The van der Waals surface area contributed by atoms with E-state index in [1.54, 1.807) is 19.1 Å². The molecule has 1 saturated carbocycles. The molecule has 122 valence electrons.